The van der Waals surface area contributed by atoms with Crippen molar-refractivity contribution in [1.29, 1.82) is 0 Å². The highest BCUT2D eigenvalue weighted by Gasteiger charge is 2.23. The van der Waals surface area contributed by atoms with E-state index < -0.39 is 0 Å². The van der Waals surface area contributed by atoms with E-state index in [4.69, 9.17) is 4.74 Å². The number of ether oxygens (including phenoxy) is 1. The van der Waals surface area contributed by atoms with Crippen molar-refractivity contribution in [3.63, 3.8) is 0 Å². The predicted molar refractivity (Wildman–Crippen MR) is 84.5 cm³/mol. The van der Waals surface area contributed by atoms with E-state index in [0.29, 0.717) is 19.6 Å². The number of carbonyl (C=O) groups excluding carboxylic acids is 1. The number of carbonyl (C=O) groups is 1. The standard InChI is InChI=1S/C15H20N4O2S/c20-15(16-9-12-5-6-17-18-12)19(10-13-3-1-7-21-13)11-14-4-2-8-22-14/h2,4-6,8,13H,1,3,7,9-11H2,(H,16,20)(H,17,18)/t13-/m0/s1. The monoisotopic (exact) mass is 320 g/mol. The first-order valence-electron chi connectivity index (χ1n) is 7.46. The van der Waals surface area contributed by atoms with E-state index in [2.05, 4.69) is 21.6 Å². The van der Waals surface area contributed by atoms with Crippen molar-refractivity contribution in [3.05, 3.63) is 40.3 Å². The van der Waals surface area contributed by atoms with Crippen LogP contribution < -0.4 is 5.32 Å². The molecule has 0 radical (unpaired) electrons. The van der Waals surface area contributed by atoms with E-state index in [1.807, 2.05) is 22.4 Å². The van der Waals surface area contributed by atoms with Crippen LogP contribution in [0.15, 0.2) is 29.8 Å². The van der Waals surface area contributed by atoms with Crippen molar-refractivity contribution >= 4 is 17.4 Å². The summed E-state index contributed by atoms with van der Waals surface area (Å²) in [6.07, 6.45) is 3.93. The summed E-state index contributed by atoms with van der Waals surface area (Å²) in [4.78, 5) is 15.5. The number of rotatable bonds is 6. The molecule has 2 aromatic heterocycles. The molecule has 0 aliphatic carbocycles. The zero-order chi connectivity index (χ0) is 15.2. The number of H-pyrrole nitrogens is 1. The fourth-order valence-electron chi connectivity index (χ4n) is 2.51. The minimum atomic E-state index is -0.0708. The Morgan fingerprint density at radius 3 is 3.18 bits per heavy atom. The molecule has 0 saturated carbocycles. The topological polar surface area (TPSA) is 70.2 Å². The first-order chi connectivity index (χ1) is 10.8. The second-order valence-electron chi connectivity index (χ2n) is 5.34. The van der Waals surface area contributed by atoms with Gasteiger partial charge in [-0.15, -0.1) is 11.3 Å². The molecule has 1 fully saturated rings. The minimum Gasteiger partial charge on any atom is -0.376 e. The van der Waals surface area contributed by atoms with Crippen molar-refractivity contribution in [1.82, 2.24) is 20.4 Å². The molecule has 0 aromatic carbocycles. The number of nitrogens with one attached hydrogen (secondary N) is 2. The third-order valence-corrected chi connectivity index (χ3v) is 4.51. The summed E-state index contributed by atoms with van der Waals surface area (Å²) in [5, 5.41) is 11.7. The van der Waals surface area contributed by atoms with Crippen molar-refractivity contribution < 1.29 is 9.53 Å². The number of amides is 2. The highest BCUT2D eigenvalue weighted by molar-refractivity contribution is 7.09. The molecular formula is C15H20N4O2S. The Labute approximate surface area is 133 Å². The summed E-state index contributed by atoms with van der Waals surface area (Å²) < 4.78 is 5.67. The Hall–Kier alpha value is -1.86. The van der Waals surface area contributed by atoms with Crippen molar-refractivity contribution in [2.75, 3.05) is 13.2 Å². The number of hydrogen-bond acceptors (Lipinski definition) is 4. The Morgan fingerprint density at radius 2 is 2.50 bits per heavy atom. The number of urea groups is 1. The van der Waals surface area contributed by atoms with Crippen LogP contribution >= 0.6 is 11.3 Å². The lowest BCUT2D eigenvalue weighted by Gasteiger charge is -2.25. The largest absolute Gasteiger partial charge is 0.376 e. The maximum Gasteiger partial charge on any atom is 0.318 e. The van der Waals surface area contributed by atoms with Crippen LogP contribution in [0, 0.1) is 0 Å². The van der Waals surface area contributed by atoms with Crippen LogP contribution in [-0.4, -0.2) is 40.4 Å². The molecule has 0 bridgehead atoms. The zero-order valence-corrected chi connectivity index (χ0v) is 13.1. The van der Waals surface area contributed by atoms with Gasteiger partial charge in [0, 0.05) is 24.2 Å². The summed E-state index contributed by atoms with van der Waals surface area (Å²) in [5.41, 5.74) is 0.890. The maximum atomic E-state index is 12.5. The second-order valence-corrected chi connectivity index (χ2v) is 6.37. The summed E-state index contributed by atoms with van der Waals surface area (Å²) in [6, 6.07) is 5.84. The summed E-state index contributed by atoms with van der Waals surface area (Å²) in [7, 11) is 0. The van der Waals surface area contributed by atoms with E-state index in [-0.39, 0.29) is 12.1 Å². The van der Waals surface area contributed by atoms with Gasteiger partial charge in [0.2, 0.25) is 0 Å². The Balaban J connectivity index is 1.59. The molecule has 0 spiro atoms. The molecular weight excluding hydrogens is 300 g/mol. The van der Waals surface area contributed by atoms with E-state index in [1.54, 1.807) is 17.5 Å². The van der Waals surface area contributed by atoms with Gasteiger partial charge in [0.05, 0.1) is 24.9 Å². The number of thiophene rings is 1. The third kappa shape index (κ3) is 4.08. The van der Waals surface area contributed by atoms with Crippen LogP contribution in [0.4, 0.5) is 4.79 Å². The summed E-state index contributed by atoms with van der Waals surface area (Å²) >= 11 is 1.66. The van der Waals surface area contributed by atoms with Crippen LogP contribution in [0.3, 0.4) is 0 Å². The van der Waals surface area contributed by atoms with Crippen LogP contribution in [0.1, 0.15) is 23.4 Å². The van der Waals surface area contributed by atoms with Crippen LogP contribution in [-0.2, 0) is 17.8 Å². The maximum absolute atomic E-state index is 12.5. The first-order valence-corrected chi connectivity index (χ1v) is 8.34. The van der Waals surface area contributed by atoms with Gasteiger partial charge < -0.3 is 15.0 Å². The summed E-state index contributed by atoms with van der Waals surface area (Å²) in [6.45, 7) is 2.50. The first kappa shape index (κ1) is 15.1. The second kappa shape index (κ2) is 7.42. The highest BCUT2D eigenvalue weighted by atomic mass is 32.1. The molecule has 2 amide bonds. The van der Waals surface area contributed by atoms with Gasteiger partial charge in [0.15, 0.2) is 0 Å². The molecule has 1 atom stereocenters. The molecule has 22 heavy (non-hydrogen) atoms. The fraction of sp³-hybridized carbons (Fsp3) is 0.467. The molecule has 3 rings (SSSR count). The molecule has 3 heterocycles. The van der Waals surface area contributed by atoms with Gasteiger partial charge in [-0.3, -0.25) is 5.10 Å². The molecule has 6 nitrogen and oxygen atoms in total. The zero-order valence-electron chi connectivity index (χ0n) is 12.3. The van der Waals surface area contributed by atoms with Crippen molar-refractivity contribution in [2.45, 2.75) is 32.0 Å². The van der Waals surface area contributed by atoms with Gasteiger partial charge in [-0.2, -0.15) is 5.10 Å². The highest BCUT2D eigenvalue weighted by Crippen LogP contribution is 2.17. The lowest BCUT2D eigenvalue weighted by atomic mass is 10.2. The van der Waals surface area contributed by atoms with Gasteiger partial charge >= 0.3 is 6.03 Å². The van der Waals surface area contributed by atoms with Gasteiger partial charge in [0.25, 0.3) is 0 Å². The smallest absolute Gasteiger partial charge is 0.318 e. The van der Waals surface area contributed by atoms with Gasteiger partial charge in [-0.1, -0.05) is 6.07 Å². The van der Waals surface area contributed by atoms with Gasteiger partial charge in [-0.05, 0) is 30.4 Å². The SMILES string of the molecule is O=C(NCc1ccn[nH]1)N(Cc1cccs1)C[C@@H]1CCCO1. The average molecular weight is 320 g/mol. The molecule has 1 aliphatic heterocycles. The van der Waals surface area contributed by atoms with Crippen LogP contribution in [0.2, 0.25) is 0 Å². The Morgan fingerprint density at radius 1 is 1.55 bits per heavy atom. The Kier molecular flexibility index (Phi) is 5.07. The van der Waals surface area contributed by atoms with Gasteiger partial charge in [-0.25, -0.2) is 4.79 Å². The number of aromatic amines is 1. The molecule has 1 aliphatic rings. The van der Waals surface area contributed by atoms with E-state index >= 15 is 0 Å². The normalized spacial score (nSPS) is 17.5. The molecule has 7 heteroatoms. The Bertz CT molecular complexity index is 564. The summed E-state index contributed by atoms with van der Waals surface area (Å²) in [5.74, 6) is 0. The van der Waals surface area contributed by atoms with Gasteiger partial charge in [0.1, 0.15) is 0 Å². The minimum absolute atomic E-state index is 0.0708. The van der Waals surface area contributed by atoms with E-state index in [1.165, 1.54) is 4.88 Å². The lowest BCUT2D eigenvalue weighted by Crippen LogP contribution is -2.42. The molecule has 118 valence electrons. The molecule has 2 N–H and O–H groups in total. The fourth-order valence-corrected chi connectivity index (χ4v) is 3.23. The molecule has 0 unspecified atom stereocenters. The molecule has 2 aromatic rings. The molecule has 1 saturated heterocycles. The van der Waals surface area contributed by atoms with Crippen molar-refractivity contribution in [2.24, 2.45) is 0 Å². The quantitative estimate of drug-likeness (QED) is 0.858. The number of nitrogens with zero attached hydrogens (tertiary/aromatic N) is 2. The lowest BCUT2D eigenvalue weighted by molar-refractivity contribution is 0.0796. The van der Waals surface area contributed by atoms with Crippen LogP contribution in [0.25, 0.3) is 0 Å². The van der Waals surface area contributed by atoms with E-state index in [0.717, 1.165) is 25.1 Å². The number of aromatic nitrogens is 2. The van der Waals surface area contributed by atoms with Crippen molar-refractivity contribution in [3.8, 4) is 0 Å². The van der Waals surface area contributed by atoms with Crippen LogP contribution in [0.5, 0.6) is 0 Å². The average Bonchev–Trinajstić information content (AvgIpc) is 3.27. The third-order valence-electron chi connectivity index (χ3n) is 3.65. The predicted octanol–water partition coefficient (Wildman–Crippen LogP) is 2.36. The number of hydrogen-bond donors (Lipinski definition) is 2. The van der Waals surface area contributed by atoms with E-state index in [9.17, 15) is 4.79 Å².